The van der Waals surface area contributed by atoms with E-state index in [-0.39, 0.29) is 0 Å². The zero-order chi connectivity index (χ0) is 19.3. The monoisotopic (exact) mass is 406 g/mol. The van der Waals surface area contributed by atoms with E-state index < -0.39 is 0 Å². The zero-order valence-corrected chi connectivity index (χ0v) is 16.8. The van der Waals surface area contributed by atoms with Gasteiger partial charge in [0.15, 0.2) is 5.82 Å². The first kappa shape index (κ1) is 17.3. The van der Waals surface area contributed by atoms with Crippen LogP contribution in [-0.4, -0.2) is 36.5 Å². The standard InChI is InChI=1S/C20H15ClN6S/c1-11-4-3-5-13(8-11)19-24-25-20-27(19)26-17(10-28-20)18-12(2)15-9-14(21)6-7-16(15)22-23-18/h3-9H,10H2,1-2H3. The van der Waals surface area contributed by atoms with Gasteiger partial charge < -0.3 is 0 Å². The van der Waals surface area contributed by atoms with Crippen molar-refractivity contribution in [2.75, 3.05) is 5.75 Å². The van der Waals surface area contributed by atoms with Crippen LogP contribution in [0.1, 0.15) is 16.8 Å². The van der Waals surface area contributed by atoms with Gasteiger partial charge in [0.1, 0.15) is 5.69 Å². The van der Waals surface area contributed by atoms with Crippen molar-refractivity contribution in [2.45, 2.75) is 19.0 Å². The quantitative estimate of drug-likeness (QED) is 0.489. The van der Waals surface area contributed by atoms with Gasteiger partial charge in [-0.05, 0) is 43.7 Å². The summed E-state index contributed by atoms with van der Waals surface area (Å²) < 4.78 is 1.79. The molecule has 2 aromatic heterocycles. The second kappa shape index (κ2) is 6.68. The maximum Gasteiger partial charge on any atom is 0.212 e. The Morgan fingerprint density at radius 3 is 2.75 bits per heavy atom. The fraction of sp³-hybridized carbons (Fsp3) is 0.150. The molecule has 1 aliphatic rings. The minimum absolute atomic E-state index is 0.660. The smallest absolute Gasteiger partial charge is 0.186 e. The third-order valence-electron chi connectivity index (χ3n) is 4.70. The topological polar surface area (TPSA) is 68.8 Å². The van der Waals surface area contributed by atoms with Crippen molar-refractivity contribution in [2.24, 2.45) is 5.10 Å². The highest BCUT2D eigenvalue weighted by atomic mass is 35.5. The minimum Gasteiger partial charge on any atom is -0.186 e. The molecule has 1 aliphatic heterocycles. The molecule has 0 saturated carbocycles. The van der Waals surface area contributed by atoms with Gasteiger partial charge in [0.2, 0.25) is 5.16 Å². The molecule has 0 radical (unpaired) electrons. The Kier molecular flexibility index (Phi) is 4.14. The van der Waals surface area contributed by atoms with Gasteiger partial charge in [0.05, 0.1) is 11.2 Å². The van der Waals surface area contributed by atoms with Gasteiger partial charge in [-0.15, -0.1) is 20.4 Å². The molecular weight excluding hydrogens is 392 g/mol. The van der Waals surface area contributed by atoms with Crippen molar-refractivity contribution >= 4 is 40.0 Å². The SMILES string of the molecule is Cc1cccc(-c2nnc3n2N=C(c2nnc4ccc(Cl)cc4c2C)CS3)c1. The first-order valence-corrected chi connectivity index (χ1v) is 10.1. The normalized spacial score (nSPS) is 13.5. The molecule has 3 heterocycles. The van der Waals surface area contributed by atoms with Gasteiger partial charge in [-0.2, -0.15) is 9.78 Å². The molecule has 0 N–H and O–H groups in total. The summed E-state index contributed by atoms with van der Waals surface area (Å²) in [4.78, 5) is 0. The zero-order valence-electron chi connectivity index (χ0n) is 15.2. The van der Waals surface area contributed by atoms with Crippen LogP contribution >= 0.6 is 23.4 Å². The van der Waals surface area contributed by atoms with Crippen LogP contribution in [0.3, 0.4) is 0 Å². The summed E-state index contributed by atoms with van der Waals surface area (Å²) in [5.74, 6) is 1.38. The first-order valence-electron chi connectivity index (χ1n) is 8.76. The number of benzene rings is 2. The molecule has 2 aromatic carbocycles. The van der Waals surface area contributed by atoms with Crippen LogP contribution in [-0.2, 0) is 0 Å². The number of thioether (sulfide) groups is 1. The van der Waals surface area contributed by atoms with E-state index in [1.54, 1.807) is 16.4 Å². The van der Waals surface area contributed by atoms with Crippen LogP contribution < -0.4 is 0 Å². The summed E-state index contributed by atoms with van der Waals surface area (Å²) in [6.45, 7) is 4.08. The fourth-order valence-corrected chi connectivity index (χ4v) is 4.26. The van der Waals surface area contributed by atoms with Crippen LogP contribution in [0, 0.1) is 13.8 Å². The van der Waals surface area contributed by atoms with Crippen molar-refractivity contribution in [3.05, 3.63) is 64.3 Å². The van der Waals surface area contributed by atoms with Crippen molar-refractivity contribution in [3.63, 3.8) is 0 Å². The van der Waals surface area contributed by atoms with Crippen molar-refractivity contribution in [3.8, 4) is 11.4 Å². The summed E-state index contributed by atoms with van der Waals surface area (Å²) in [5.41, 5.74) is 5.60. The molecule has 0 fully saturated rings. The number of nitrogens with zero attached hydrogens (tertiary/aromatic N) is 6. The molecule has 0 unspecified atom stereocenters. The lowest BCUT2D eigenvalue weighted by Gasteiger charge is -2.15. The molecule has 0 bridgehead atoms. The molecule has 138 valence electrons. The highest BCUT2D eigenvalue weighted by Gasteiger charge is 2.23. The van der Waals surface area contributed by atoms with Crippen molar-refractivity contribution < 1.29 is 0 Å². The molecule has 0 aliphatic carbocycles. The van der Waals surface area contributed by atoms with Gasteiger partial charge in [0, 0.05) is 21.7 Å². The molecule has 0 saturated heterocycles. The highest BCUT2D eigenvalue weighted by molar-refractivity contribution is 7.99. The number of hydrogen-bond acceptors (Lipinski definition) is 6. The Balaban J connectivity index is 1.65. The van der Waals surface area contributed by atoms with E-state index in [1.807, 2.05) is 37.3 Å². The largest absolute Gasteiger partial charge is 0.212 e. The Bertz CT molecular complexity index is 1260. The van der Waals surface area contributed by atoms with E-state index in [2.05, 4.69) is 39.5 Å². The van der Waals surface area contributed by atoms with E-state index in [4.69, 9.17) is 16.7 Å². The van der Waals surface area contributed by atoms with E-state index in [0.717, 1.165) is 50.0 Å². The Hall–Kier alpha value is -2.77. The summed E-state index contributed by atoms with van der Waals surface area (Å²) in [6.07, 6.45) is 0. The second-order valence-electron chi connectivity index (χ2n) is 6.66. The maximum atomic E-state index is 6.18. The molecule has 5 rings (SSSR count). The summed E-state index contributed by atoms with van der Waals surface area (Å²) in [7, 11) is 0. The molecule has 28 heavy (non-hydrogen) atoms. The Morgan fingerprint density at radius 1 is 1.00 bits per heavy atom. The predicted molar refractivity (Wildman–Crippen MR) is 112 cm³/mol. The van der Waals surface area contributed by atoms with Crippen LogP contribution in [0.5, 0.6) is 0 Å². The second-order valence-corrected chi connectivity index (χ2v) is 8.04. The Labute approximate surface area is 170 Å². The Morgan fingerprint density at radius 2 is 1.89 bits per heavy atom. The first-order chi connectivity index (χ1) is 13.6. The highest BCUT2D eigenvalue weighted by Crippen LogP contribution is 2.30. The van der Waals surface area contributed by atoms with Crippen LogP contribution in [0.4, 0.5) is 0 Å². The van der Waals surface area contributed by atoms with Gasteiger partial charge >= 0.3 is 0 Å². The molecular formula is C20H15ClN6S. The van der Waals surface area contributed by atoms with Crippen LogP contribution in [0.25, 0.3) is 22.3 Å². The minimum atomic E-state index is 0.660. The van der Waals surface area contributed by atoms with E-state index in [9.17, 15) is 0 Å². The lowest BCUT2D eigenvalue weighted by molar-refractivity contribution is 0.760. The van der Waals surface area contributed by atoms with Gasteiger partial charge in [-0.25, -0.2) is 0 Å². The predicted octanol–water partition coefficient (Wildman–Crippen LogP) is 4.52. The van der Waals surface area contributed by atoms with Gasteiger partial charge in [0.25, 0.3) is 0 Å². The average Bonchev–Trinajstić information content (AvgIpc) is 3.12. The van der Waals surface area contributed by atoms with E-state index in [1.165, 1.54) is 0 Å². The number of hydrogen-bond donors (Lipinski definition) is 0. The van der Waals surface area contributed by atoms with Gasteiger partial charge in [-0.3, -0.25) is 0 Å². The average molecular weight is 407 g/mol. The molecule has 0 amide bonds. The van der Waals surface area contributed by atoms with Crippen molar-refractivity contribution in [1.82, 2.24) is 25.1 Å². The number of rotatable bonds is 2. The van der Waals surface area contributed by atoms with E-state index >= 15 is 0 Å². The summed E-state index contributed by atoms with van der Waals surface area (Å²) in [5, 5.41) is 24.7. The maximum absolute atomic E-state index is 6.18. The summed E-state index contributed by atoms with van der Waals surface area (Å²) >= 11 is 7.77. The van der Waals surface area contributed by atoms with Gasteiger partial charge in [-0.1, -0.05) is 47.1 Å². The fourth-order valence-electron chi connectivity index (χ4n) is 3.28. The van der Waals surface area contributed by atoms with E-state index in [0.29, 0.717) is 10.8 Å². The molecule has 0 spiro atoms. The summed E-state index contributed by atoms with van der Waals surface area (Å²) in [6, 6.07) is 13.8. The van der Waals surface area contributed by atoms with Crippen molar-refractivity contribution in [1.29, 1.82) is 0 Å². The number of halogens is 1. The number of fused-ring (bicyclic) bond motifs is 2. The number of aromatic nitrogens is 5. The lowest BCUT2D eigenvalue weighted by atomic mass is 10.1. The third-order valence-corrected chi connectivity index (χ3v) is 5.86. The van der Waals surface area contributed by atoms with Crippen LogP contribution in [0.2, 0.25) is 5.02 Å². The lowest BCUT2D eigenvalue weighted by Crippen LogP contribution is -2.17. The van der Waals surface area contributed by atoms with Crippen LogP contribution in [0.15, 0.2) is 52.7 Å². The third kappa shape index (κ3) is 2.87. The molecule has 8 heteroatoms. The molecule has 4 aromatic rings. The molecule has 0 atom stereocenters. The number of aryl methyl sites for hydroxylation is 2. The molecule has 6 nitrogen and oxygen atoms in total.